The molecule has 5 heterocycles. The summed E-state index contributed by atoms with van der Waals surface area (Å²) in [4.78, 5) is 57.7. The lowest BCUT2D eigenvalue weighted by atomic mass is 9.80. The SMILES string of the molecule is COc1ccc(C(OC[C@H]2O[C@@H](n3cc(C)c(=O)[nH]c3=O)C[C@@H]2c2nnn(C[C@H]3O[C@@H](n4cc(C)c(=O)[nH]c4=O)C[C@@H]3OP(OCCC#N)N(C(C)C)C(C)C)n2)(c2ccccc2)c2ccc(OC)cc2)cc1. The van der Waals surface area contributed by atoms with E-state index in [0.717, 1.165) is 16.7 Å². The molecule has 73 heavy (non-hydrogen) atoms. The predicted octanol–water partition coefficient (Wildman–Crippen LogP) is 5.74. The highest BCUT2D eigenvalue weighted by Crippen LogP contribution is 2.50. The van der Waals surface area contributed by atoms with Gasteiger partial charge in [-0.1, -0.05) is 54.6 Å². The molecule has 8 rings (SSSR count). The number of ether oxygens (including phenoxy) is 5. The molecular weight excluding hydrogens is 960 g/mol. The van der Waals surface area contributed by atoms with Crippen LogP contribution >= 0.6 is 8.53 Å². The Kier molecular flexibility index (Phi) is 16.6. The molecule has 6 aromatic rings. The molecule has 3 aromatic carbocycles. The number of aromatic nitrogens is 8. The molecule has 0 bridgehead atoms. The highest BCUT2D eigenvalue weighted by atomic mass is 31.2. The van der Waals surface area contributed by atoms with Crippen LogP contribution in [0.3, 0.4) is 0 Å². The molecule has 22 heteroatoms. The molecule has 0 spiro atoms. The first-order valence-corrected chi connectivity index (χ1v) is 25.2. The quantitative estimate of drug-likeness (QED) is 0.0496. The lowest BCUT2D eigenvalue weighted by Gasteiger charge is -2.37. The molecule has 7 atom stereocenters. The van der Waals surface area contributed by atoms with Gasteiger partial charge in [-0.3, -0.25) is 28.7 Å². The predicted molar refractivity (Wildman–Crippen MR) is 268 cm³/mol. The topological polar surface area (TPSA) is 245 Å². The molecule has 0 saturated carbocycles. The van der Waals surface area contributed by atoms with Crippen LogP contribution in [0.5, 0.6) is 11.5 Å². The van der Waals surface area contributed by atoms with E-state index in [1.807, 2.05) is 107 Å². The van der Waals surface area contributed by atoms with Crippen molar-refractivity contribution in [3.05, 3.63) is 167 Å². The van der Waals surface area contributed by atoms with E-state index >= 15 is 0 Å². The van der Waals surface area contributed by atoms with Gasteiger partial charge < -0.3 is 32.7 Å². The van der Waals surface area contributed by atoms with Crippen LogP contribution in [0.25, 0.3) is 0 Å². The Morgan fingerprint density at radius 2 is 1.32 bits per heavy atom. The Hall–Kier alpha value is -6.63. The van der Waals surface area contributed by atoms with Gasteiger partial charge in [0.05, 0.1) is 64.6 Å². The highest BCUT2D eigenvalue weighted by Gasteiger charge is 2.46. The van der Waals surface area contributed by atoms with Crippen molar-refractivity contribution in [1.29, 1.82) is 5.26 Å². The fraction of sp³-hybridized carbons (Fsp3) is 0.451. The second kappa shape index (κ2) is 23.1. The first kappa shape index (κ1) is 52.7. The molecule has 2 aliphatic heterocycles. The zero-order chi connectivity index (χ0) is 52.0. The zero-order valence-corrected chi connectivity index (χ0v) is 42.9. The maximum Gasteiger partial charge on any atom is 0.330 e. The smallest absolute Gasteiger partial charge is 0.330 e. The molecule has 3 aromatic heterocycles. The number of tetrazole rings is 1. The first-order valence-electron chi connectivity index (χ1n) is 24.1. The average molecular weight is 1020 g/mol. The number of H-pyrrole nitrogens is 2. The van der Waals surface area contributed by atoms with Gasteiger partial charge in [-0.15, -0.1) is 10.2 Å². The summed E-state index contributed by atoms with van der Waals surface area (Å²) in [5.41, 5.74) is -0.468. The van der Waals surface area contributed by atoms with Gasteiger partial charge in [0, 0.05) is 48.4 Å². The van der Waals surface area contributed by atoms with E-state index in [2.05, 4.69) is 31.0 Å². The Morgan fingerprint density at radius 1 is 0.781 bits per heavy atom. The van der Waals surface area contributed by atoms with Crippen molar-refractivity contribution < 1.29 is 32.7 Å². The summed E-state index contributed by atoms with van der Waals surface area (Å²) in [5.74, 6) is 0.995. The monoisotopic (exact) mass is 1020 g/mol. The summed E-state index contributed by atoms with van der Waals surface area (Å²) < 4.78 is 49.7. The summed E-state index contributed by atoms with van der Waals surface area (Å²) >= 11 is 0. The van der Waals surface area contributed by atoms with Gasteiger partial charge in [-0.25, -0.2) is 14.3 Å². The third kappa shape index (κ3) is 11.5. The summed E-state index contributed by atoms with van der Waals surface area (Å²) in [6, 6.07) is 27.2. The van der Waals surface area contributed by atoms with Crippen molar-refractivity contribution in [3.63, 3.8) is 0 Å². The van der Waals surface area contributed by atoms with Gasteiger partial charge in [0.2, 0.25) is 0 Å². The third-order valence-electron chi connectivity index (χ3n) is 13.0. The van der Waals surface area contributed by atoms with Crippen molar-refractivity contribution in [2.75, 3.05) is 27.4 Å². The number of benzene rings is 3. The van der Waals surface area contributed by atoms with Crippen molar-refractivity contribution in [1.82, 2.24) is 44.0 Å². The van der Waals surface area contributed by atoms with E-state index in [-0.39, 0.29) is 56.9 Å². The molecule has 0 aliphatic carbocycles. The number of rotatable bonds is 21. The number of hydrogen-bond donors (Lipinski definition) is 2. The van der Waals surface area contributed by atoms with E-state index in [4.69, 9.17) is 37.8 Å². The van der Waals surface area contributed by atoms with Gasteiger partial charge in [-0.2, -0.15) is 10.1 Å². The van der Waals surface area contributed by atoms with Crippen molar-refractivity contribution in [2.45, 2.75) is 122 Å². The Morgan fingerprint density at radius 3 is 1.85 bits per heavy atom. The van der Waals surface area contributed by atoms with Crippen molar-refractivity contribution in [2.24, 2.45) is 0 Å². The van der Waals surface area contributed by atoms with E-state index in [0.29, 0.717) is 22.6 Å². The van der Waals surface area contributed by atoms with Crippen LogP contribution in [0, 0.1) is 25.2 Å². The molecule has 2 aliphatic rings. The standard InChI is InChI=1S/C51H61N10O11P/c1-31(2)61(32(3)4)73(69-24-12-23-52)72-41-26-45(59-28-34(6)48(63)54-50(59)65)70-42(41)29-60-56-46(55-57-60)40-25-44(58-27-33(5)47(62)53-49(58)64)71-43(40)30-68-51(35-13-10-9-11-14-35,36-15-19-38(66-7)20-16-36)37-17-21-39(67-8)22-18-37/h9-11,13-22,27-28,31-32,40-45H,12,24-26,29-30H2,1-8H3,(H,53,62,64)(H,54,63,65)/t40-,41-,42+,43+,44+,45+,73?/m0/s1. The maximum atomic E-state index is 13.4. The minimum atomic E-state index is -1.75. The Labute approximate surface area is 422 Å². The van der Waals surface area contributed by atoms with Crippen LogP contribution in [-0.4, -0.2) is 102 Å². The number of nitrogens with one attached hydrogen (secondary N) is 2. The molecule has 0 radical (unpaired) electrons. The lowest BCUT2D eigenvalue weighted by Crippen LogP contribution is -2.37. The second-order valence-corrected chi connectivity index (χ2v) is 19.9. The third-order valence-corrected chi connectivity index (χ3v) is 15.2. The number of hydrogen-bond acceptors (Lipinski definition) is 16. The normalized spacial score (nSPS) is 20.5. The highest BCUT2D eigenvalue weighted by molar-refractivity contribution is 7.44. The lowest BCUT2D eigenvalue weighted by molar-refractivity contribution is -0.0805. The van der Waals surface area contributed by atoms with Crippen molar-refractivity contribution >= 4 is 8.53 Å². The molecule has 2 fully saturated rings. The van der Waals surface area contributed by atoms with Crippen LogP contribution in [-0.2, 0) is 35.4 Å². The van der Waals surface area contributed by atoms with Crippen LogP contribution < -0.4 is 32.0 Å². The Bertz CT molecular complexity index is 3040. The molecular formula is C51H61N10O11P. The molecule has 2 N–H and O–H groups in total. The average Bonchev–Trinajstić information content (AvgIpc) is 4.13. The van der Waals surface area contributed by atoms with Gasteiger partial charge in [0.15, 0.2) is 5.82 Å². The Balaban J connectivity index is 1.16. The molecule has 21 nitrogen and oxygen atoms in total. The van der Waals surface area contributed by atoms with E-state index in [1.165, 1.54) is 26.3 Å². The maximum absolute atomic E-state index is 13.4. The van der Waals surface area contributed by atoms with Crippen LogP contribution in [0.2, 0.25) is 0 Å². The number of nitriles is 1. The summed E-state index contributed by atoms with van der Waals surface area (Å²) in [6.07, 6.45) is -0.496. The first-order chi connectivity index (χ1) is 35.1. The van der Waals surface area contributed by atoms with E-state index < -0.39 is 73.3 Å². The number of aryl methyl sites for hydroxylation is 2. The van der Waals surface area contributed by atoms with Gasteiger partial charge in [-0.05, 0) is 87.7 Å². The van der Waals surface area contributed by atoms with Gasteiger partial charge in [0.25, 0.3) is 19.6 Å². The minimum Gasteiger partial charge on any atom is -0.497 e. The van der Waals surface area contributed by atoms with Gasteiger partial charge in [0.1, 0.15) is 35.7 Å². The molecule has 2 saturated heterocycles. The summed E-state index contributed by atoms with van der Waals surface area (Å²) in [7, 11) is 1.46. The largest absolute Gasteiger partial charge is 0.497 e. The molecule has 386 valence electrons. The fourth-order valence-corrected chi connectivity index (χ4v) is 11.2. The molecule has 1 unspecified atom stereocenters. The minimum absolute atomic E-state index is 0.00401. The number of nitrogens with zero attached hydrogens (tertiary/aromatic N) is 8. The van der Waals surface area contributed by atoms with Gasteiger partial charge >= 0.3 is 11.4 Å². The van der Waals surface area contributed by atoms with Crippen LogP contribution in [0.15, 0.2) is 110 Å². The zero-order valence-electron chi connectivity index (χ0n) is 42.0. The summed E-state index contributed by atoms with van der Waals surface area (Å²) in [6.45, 7) is 11.4. The van der Waals surface area contributed by atoms with Crippen LogP contribution in [0.4, 0.5) is 0 Å². The fourth-order valence-electron chi connectivity index (χ4n) is 9.41. The van der Waals surface area contributed by atoms with Crippen molar-refractivity contribution in [3.8, 4) is 17.6 Å². The summed E-state index contributed by atoms with van der Waals surface area (Å²) in [5, 5.41) is 23.4. The van der Waals surface area contributed by atoms with Crippen LogP contribution in [0.1, 0.15) is 99.0 Å². The molecule has 0 amide bonds. The van der Waals surface area contributed by atoms with E-state index in [9.17, 15) is 24.4 Å². The number of methoxy groups -OCH3 is 2. The second-order valence-electron chi connectivity index (χ2n) is 18.5. The van der Waals surface area contributed by atoms with E-state index in [1.54, 1.807) is 28.1 Å². The number of aromatic amines is 2.